The van der Waals surface area contributed by atoms with Gasteiger partial charge in [0.05, 0.1) is 18.9 Å². The summed E-state index contributed by atoms with van der Waals surface area (Å²) in [6.07, 6.45) is 5.92. The quantitative estimate of drug-likeness (QED) is 0.474. The molecule has 0 spiro atoms. The summed E-state index contributed by atoms with van der Waals surface area (Å²) in [7, 11) is 0. The summed E-state index contributed by atoms with van der Waals surface area (Å²) in [6.45, 7) is 1.93. The van der Waals surface area contributed by atoms with Gasteiger partial charge in [0.15, 0.2) is 0 Å². The van der Waals surface area contributed by atoms with Crippen molar-refractivity contribution in [3.05, 3.63) is 58.2 Å². The molecule has 5 heteroatoms. The maximum atomic E-state index is 8.43. The molecule has 3 heterocycles. The third-order valence-corrected chi connectivity index (χ3v) is 3.57. The molecular formula is C15H16N4O. The van der Waals surface area contributed by atoms with E-state index in [0.717, 1.165) is 19.4 Å². The van der Waals surface area contributed by atoms with Crippen LogP contribution in [-0.2, 0) is 11.2 Å². The number of hydrogen-bond donors (Lipinski definition) is 0. The van der Waals surface area contributed by atoms with E-state index in [1.807, 2.05) is 12.1 Å². The van der Waals surface area contributed by atoms with Gasteiger partial charge in [0.25, 0.3) is 0 Å². The number of ether oxygens (including phenoxy) is 1. The zero-order valence-electron chi connectivity index (χ0n) is 11.2. The molecule has 0 aliphatic carbocycles. The Kier molecular flexibility index (Phi) is 3.72. The highest BCUT2D eigenvalue weighted by Gasteiger charge is 2.15. The molecule has 20 heavy (non-hydrogen) atoms. The highest BCUT2D eigenvalue weighted by molar-refractivity contribution is 5.72. The SMILES string of the molecule is [N-]=[N+]=NCCc1cc2ccccn2c1C1=CCOCC1. The minimum absolute atomic E-state index is 0.490. The summed E-state index contributed by atoms with van der Waals surface area (Å²) in [5.74, 6) is 0. The fraction of sp³-hybridized carbons (Fsp3) is 0.333. The lowest BCUT2D eigenvalue weighted by atomic mass is 10.0. The summed E-state index contributed by atoms with van der Waals surface area (Å²) < 4.78 is 7.61. The summed E-state index contributed by atoms with van der Waals surface area (Å²) in [5.41, 5.74) is 13.4. The number of hydrogen-bond acceptors (Lipinski definition) is 2. The normalized spacial score (nSPS) is 14.9. The molecule has 2 aromatic rings. The minimum Gasteiger partial charge on any atom is -0.377 e. The van der Waals surface area contributed by atoms with Gasteiger partial charge in [0.1, 0.15) is 0 Å². The predicted octanol–water partition coefficient (Wildman–Crippen LogP) is 3.60. The molecule has 1 aliphatic heterocycles. The molecule has 0 fully saturated rings. The molecule has 0 saturated carbocycles. The van der Waals surface area contributed by atoms with Gasteiger partial charge in [-0.2, -0.15) is 0 Å². The lowest BCUT2D eigenvalue weighted by Crippen LogP contribution is -2.07. The van der Waals surface area contributed by atoms with E-state index >= 15 is 0 Å². The Balaban J connectivity index is 2.07. The van der Waals surface area contributed by atoms with Crippen molar-refractivity contribution in [2.75, 3.05) is 19.8 Å². The molecule has 0 aromatic carbocycles. The first kappa shape index (κ1) is 12.8. The van der Waals surface area contributed by atoms with E-state index in [1.165, 1.54) is 22.3 Å². The van der Waals surface area contributed by atoms with E-state index in [9.17, 15) is 0 Å². The molecule has 0 bridgehead atoms. The van der Waals surface area contributed by atoms with Gasteiger partial charge in [-0.15, -0.1) is 0 Å². The van der Waals surface area contributed by atoms with E-state index < -0.39 is 0 Å². The number of fused-ring (bicyclic) bond motifs is 1. The van der Waals surface area contributed by atoms with Gasteiger partial charge in [0.2, 0.25) is 0 Å². The van der Waals surface area contributed by atoms with E-state index in [2.05, 4.69) is 38.8 Å². The van der Waals surface area contributed by atoms with Crippen LogP contribution in [-0.4, -0.2) is 24.2 Å². The average Bonchev–Trinajstić information content (AvgIpc) is 2.86. The topological polar surface area (TPSA) is 62.4 Å². The highest BCUT2D eigenvalue weighted by Crippen LogP contribution is 2.28. The molecule has 0 radical (unpaired) electrons. The first-order valence-corrected chi connectivity index (χ1v) is 6.77. The first-order chi connectivity index (χ1) is 9.90. The second-order valence-corrected chi connectivity index (χ2v) is 4.77. The van der Waals surface area contributed by atoms with Crippen molar-refractivity contribution in [1.82, 2.24) is 4.40 Å². The summed E-state index contributed by atoms with van der Waals surface area (Å²) >= 11 is 0. The maximum Gasteiger partial charge on any atom is 0.0654 e. The Morgan fingerprint density at radius 1 is 1.40 bits per heavy atom. The average molecular weight is 268 g/mol. The van der Waals surface area contributed by atoms with Crippen molar-refractivity contribution in [3.63, 3.8) is 0 Å². The Bertz CT molecular complexity index is 695. The molecule has 0 N–H and O–H groups in total. The largest absolute Gasteiger partial charge is 0.377 e. The van der Waals surface area contributed by atoms with Gasteiger partial charge in [0, 0.05) is 23.2 Å². The Hall–Kier alpha value is -2.23. The molecule has 0 saturated heterocycles. The predicted molar refractivity (Wildman–Crippen MR) is 78.5 cm³/mol. The van der Waals surface area contributed by atoms with Crippen molar-refractivity contribution in [2.45, 2.75) is 12.8 Å². The molecule has 3 rings (SSSR count). The zero-order chi connectivity index (χ0) is 13.8. The molecule has 102 valence electrons. The number of azide groups is 1. The van der Waals surface area contributed by atoms with Crippen LogP contribution in [0.5, 0.6) is 0 Å². The van der Waals surface area contributed by atoms with Gasteiger partial charge in [-0.3, -0.25) is 0 Å². The monoisotopic (exact) mass is 268 g/mol. The minimum atomic E-state index is 0.490. The van der Waals surface area contributed by atoms with Crippen LogP contribution in [0, 0.1) is 0 Å². The molecule has 0 atom stereocenters. The van der Waals surface area contributed by atoms with E-state index in [1.54, 1.807) is 0 Å². The van der Waals surface area contributed by atoms with Gasteiger partial charge in [-0.05, 0) is 47.7 Å². The number of nitrogens with zero attached hydrogens (tertiary/aromatic N) is 4. The first-order valence-electron chi connectivity index (χ1n) is 6.77. The highest BCUT2D eigenvalue weighted by atomic mass is 16.5. The molecule has 1 aliphatic rings. The van der Waals surface area contributed by atoms with Crippen LogP contribution in [0.3, 0.4) is 0 Å². The van der Waals surface area contributed by atoms with Crippen molar-refractivity contribution in [1.29, 1.82) is 0 Å². The zero-order valence-corrected chi connectivity index (χ0v) is 11.2. The van der Waals surface area contributed by atoms with Crippen molar-refractivity contribution < 1.29 is 4.74 Å². The van der Waals surface area contributed by atoms with Crippen LogP contribution in [0.2, 0.25) is 0 Å². The third-order valence-electron chi connectivity index (χ3n) is 3.57. The Labute approximate surface area is 117 Å². The number of aromatic nitrogens is 1. The van der Waals surface area contributed by atoms with Gasteiger partial charge < -0.3 is 9.14 Å². The molecular weight excluding hydrogens is 252 g/mol. The van der Waals surface area contributed by atoms with E-state index in [0.29, 0.717) is 13.2 Å². The number of pyridine rings is 1. The van der Waals surface area contributed by atoms with Gasteiger partial charge in [-0.25, -0.2) is 0 Å². The van der Waals surface area contributed by atoms with Crippen LogP contribution >= 0.6 is 0 Å². The Morgan fingerprint density at radius 3 is 3.15 bits per heavy atom. The van der Waals surface area contributed by atoms with Crippen molar-refractivity contribution in [3.8, 4) is 0 Å². The summed E-state index contributed by atoms with van der Waals surface area (Å²) in [5, 5.41) is 3.65. The van der Waals surface area contributed by atoms with Crippen LogP contribution in [0.1, 0.15) is 17.7 Å². The summed E-state index contributed by atoms with van der Waals surface area (Å²) in [4.78, 5) is 2.83. The maximum absolute atomic E-state index is 8.43. The lowest BCUT2D eigenvalue weighted by molar-refractivity contribution is 0.161. The Morgan fingerprint density at radius 2 is 2.35 bits per heavy atom. The van der Waals surface area contributed by atoms with Crippen LogP contribution < -0.4 is 0 Å². The standard InChI is InChI=1S/C15H16N4O/c16-18-17-7-4-13-11-14-3-1-2-8-19(14)15(13)12-5-9-20-10-6-12/h1-3,5,8,11H,4,6-7,9-10H2. The lowest BCUT2D eigenvalue weighted by Gasteiger charge is -2.15. The van der Waals surface area contributed by atoms with Crippen LogP contribution in [0.4, 0.5) is 0 Å². The number of rotatable bonds is 4. The van der Waals surface area contributed by atoms with Crippen molar-refractivity contribution >= 4 is 11.1 Å². The van der Waals surface area contributed by atoms with Crippen molar-refractivity contribution in [2.24, 2.45) is 5.11 Å². The van der Waals surface area contributed by atoms with E-state index in [4.69, 9.17) is 10.3 Å². The summed E-state index contributed by atoms with van der Waals surface area (Å²) in [6, 6.07) is 8.35. The third kappa shape index (κ3) is 2.41. The van der Waals surface area contributed by atoms with E-state index in [-0.39, 0.29) is 0 Å². The molecule has 0 unspecified atom stereocenters. The second kappa shape index (κ2) is 5.82. The van der Waals surface area contributed by atoms with Crippen LogP contribution in [0.25, 0.3) is 21.5 Å². The second-order valence-electron chi connectivity index (χ2n) is 4.77. The molecule has 5 nitrogen and oxygen atoms in total. The fourth-order valence-corrected chi connectivity index (χ4v) is 2.69. The molecule has 2 aromatic heterocycles. The molecule has 0 amide bonds. The van der Waals surface area contributed by atoms with Gasteiger partial charge in [-0.1, -0.05) is 17.3 Å². The van der Waals surface area contributed by atoms with Crippen LogP contribution in [0.15, 0.2) is 41.7 Å². The van der Waals surface area contributed by atoms with Gasteiger partial charge >= 0.3 is 0 Å². The fourth-order valence-electron chi connectivity index (χ4n) is 2.69. The smallest absolute Gasteiger partial charge is 0.0654 e.